The average molecular weight is 248 g/mol. The molecule has 0 saturated heterocycles. The number of esters is 1. The molecule has 1 rings (SSSR count). The number of hydrogen-bond acceptors (Lipinski definition) is 5. The van der Waals surface area contributed by atoms with Gasteiger partial charge in [0.25, 0.3) is 0 Å². The van der Waals surface area contributed by atoms with E-state index in [1.807, 2.05) is 6.92 Å². The first-order valence-electron chi connectivity index (χ1n) is 5.56. The van der Waals surface area contributed by atoms with Crippen LogP contribution in [0.3, 0.4) is 0 Å². The van der Waals surface area contributed by atoms with Gasteiger partial charge in [-0.25, -0.2) is 0 Å². The van der Waals surface area contributed by atoms with Crippen molar-refractivity contribution in [1.82, 2.24) is 0 Å². The molecule has 18 heavy (non-hydrogen) atoms. The number of benzene rings is 1. The van der Waals surface area contributed by atoms with Crippen molar-refractivity contribution in [2.75, 3.05) is 32.2 Å². The molecule has 96 valence electrons. The Morgan fingerprint density at radius 3 is 2.67 bits per heavy atom. The molecular formula is C13H16N2O3. The van der Waals surface area contributed by atoms with Gasteiger partial charge < -0.3 is 14.4 Å². The predicted octanol–water partition coefficient (Wildman–Crippen LogP) is 1.57. The van der Waals surface area contributed by atoms with E-state index >= 15 is 0 Å². The molecule has 0 N–H and O–H groups in total. The summed E-state index contributed by atoms with van der Waals surface area (Å²) < 4.78 is 9.77. The van der Waals surface area contributed by atoms with E-state index in [1.165, 1.54) is 7.11 Å². The molecule has 0 aliphatic carbocycles. The second-order valence-corrected chi connectivity index (χ2v) is 3.59. The summed E-state index contributed by atoms with van der Waals surface area (Å²) in [5.74, 6) is 0.302. The fourth-order valence-electron chi connectivity index (χ4n) is 1.58. The second kappa shape index (κ2) is 6.50. The summed E-state index contributed by atoms with van der Waals surface area (Å²) in [5.41, 5.74) is 1.17. The Bertz CT molecular complexity index is 466. The quantitative estimate of drug-likeness (QED) is 0.740. The van der Waals surface area contributed by atoms with Gasteiger partial charge in [-0.2, -0.15) is 5.26 Å². The molecular weight excluding hydrogens is 232 g/mol. The van der Waals surface area contributed by atoms with Gasteiger partial charge in [-0.1, -0.05) is 0 Å². The Morgan fingerprint density at radius 1 is 1.44 bits per heavy atom. The number of ether oxygens (including phenoxy) is 2. The summed E-state index contributed by atoms with van der Waals surface area (Å²) in [5, 5.41) is 9.08. The fraction of sp³-hybridized carbons (Fsp3) is 0.385. The Labute approximate surface area is 107 Å². The Hall–Kier alpha value is -2.22. The van der Waals surface area contributed by atoms with Crippen LogP contribution in [-0.4, -0.2) is 33.3 Å². The van der Waals surface area contributed by atoms with Gasteiger partial charge in [-0.3, -0.25) is 4.79 Å². The van der Waals surface area contributed by atoms with Gasteiger partial charge in [0.2, 0.25) is 0 Å². The number of rotatable bonds is 5. The molecule has 0 bridgehead atoms. The maximum Gasteiger partial charge on any atom is 0.325 e. The molecule has 1 aromatic carbocycles. The van der Waals surface area contributed by atoms with Crippen molar-refractivity contribution in [3.63, 3.8) is 0 Å². The first-order chi connectivity index (χ1) is 8.65. The minimum Gasteiger partial charge on any atom is -0.497 e. The molecule has 0 spiro atoms. The van der Waals surface area contributed by atoms with E-state index in [2.05, 4.69) is 10.8 Å². The fourth-order valence-corrected chi connectivity index (χ4v) is 1.58. The molecule has 0 aliphatic heterocycles. The van der Waals surface area contributed by atoms with E-state index < -0.39 is 0 Å². The summed E-state index contributed by atoms with van der Waals surface area (Å²) in [6.07, 6.45) is 0. The van der Waals surface area contributed by atoms with Gasteiger partial charge in [0.15, 0.2) is 0 Å². The van der Waals surface area contributed by atoms with Crippen LogP contribution >= 0.6 is 0 Å². The molecule has 5 nitrogen and oxygen atoms in total. The molecule has 0 aromatic heterocycles. The summed E-state index contributed by atoms with van der Waals surface area (Å²) in [6.45, 7) is 2.61. The van der Waals surface area contributed by atoms with Crippen LogP contribution in [0.15, 0.2) is 18.2 Å². The topological polar surface area (TPSA) is 62.6 Å². The van der Waals surface area contributed by atoms with Gasteiger partial charge in [-0.15, -0.1) is 0 Å². The van der Waals surface area contributed by atoms with Crippen molar-refractivity contribution >= 4 is 11.7 Å². The molecule has 0 radical (unpaired) electrons. The summed E-state index contributed by atoms with van der Waals surface area (Å²) in [6, 6.07) is 7.24. The number of hydrogen-bond donors (Lipinski definition) is 0. The van der Waals surface area contributed by atoms with Crippen LogP contribution in [0.2, 0.25) is 0 Å². The number of nitrogens with zero attached hydrogens (tertiary/aromatic N) is 2. The summed E-state index contributed by atoms with van der Waals surface area (Å²) >= 11 is 0. The number of likely N-dealkylation sites (N-methyl/N-ethyl adjacent to an activating group) is 1. The van der Waals surface area contributed by atoms with Crippen LogP contribution in [0.1, 0.15) is 12.5 Å². The van der Waals surface area contributed by atoms with Crippen molar-refractivity contribution in [2.45, 2.75) is 6.92 Å². The van der Waals surface area contributed by atoms with Crippen molar-refractivity contribution in [3.8, 4) is 11.8 Å². The summed E-state index contributed by atoms with van der Waals surface area (Å²) in [7, 11) is 2.90. The molecule has 1 aromatic rings. The number of nitriles is 1. The third-order valence-electron chi connectivity index (χ3n) is 2.60. The summed E-state index contributed by atoms with van der Waals surface area (Å²) in [4.78, 5) is 13.1. The third-order valence-corrected chi connectivity index (χ3v) is 2.60. The lowest BCUT2D eigenvalue weighted by atomic mass is 10.1. The molecule has 0 unspecified atom stereocenters. The first kappa shape index (κ1) is 13.8. The van der Waals surface area contributed by atoms with Gasteiger partial charge in [0, 0.05) is 12.6 Å². The highest BCUT2D eigenvalue weighted by Gasteiger charge is 2.14. The largest absolute Gasteiger partial charge is 0.497 e. The van der Waals surface area contributed by atoms with Crippen molar-refractivity contribution in [2.24, 2.45) is 0 Å². The van der Waals surface area contributed by atoms with Crippen LogP contribution in [-0.2, 0) is 9.53 Å². The van der Waals surface area contributed by atoms with E-state index in [0.717, 1.165) is 0 Å². The van der Waals surface area contributed by atoms with Gasteiger partial charge in [0.05, 0.1) is 25.5 Å². The van der Waals surface area contributed by atoms with Crippen LogP contribution in [0, 0.1) is 11.3 Å². The molecule has 0 aliphatic rings. The lowest BCUT2D eigenvalue weighted by Crippen LogP contribution is -2.30. The maximum absolute atomic E-state index is 11.3. The maximum atomic E-state index is 11.3. The predicted molar refractivity (Wildman–Crippen MR) is 67.6 cm³/mol. The van der Waals surface area contributed by atoms with E-state index in [4.69, 9.17) is 10.00 Å². The van der Waals surface area contributed by atoms with Crippen molar-refractivity contribution in [1.29, 1.82) is 5.26 Å². The van der Waals surface area contributed by atoms with E-state index in [1.54, 1.807) is 30.2 Å². The van der Waals surface area contributed by atoms with Crippen LogP contribution in [0.5, 0.6) is 5.75 Å². The minimum absolute atomic E-state index is 0.106. The SMILES string of the molecule is CCN(CC(=O)OC)c1cc(OC)ccc1C#N. The van der Waals surface area contributed by atoms with Crippen molar-refractivity contribution in [3.05, 3.63) is 23.8 Å². The van der Waals surface area contributed by atoms with E-state index in [0.29, 0.717) is 23.5 Å². The molecule has 0 saturated carbocycles. The monoisotopic (exact) mass is 248 g/mol. The second-order valence-electron chi connectivity index (χ2n) is 3.59. The number of methoxy groups -OCH3 is 2. The van der Waals surface area contributed by atoms with Crippen LogP contribution in [0.25, 0.3) is 0 Å². The van der Waals surface area contributed by atoms with Gasteiger partial charge >= 0.3 is 5.97 Å². The highest BCUT2D eigenvalue weighted by Crippen LogP contribution is 2.25. The van der Waals surface area contributed by atoms with E-state index in [-0.39, 0.29) is 12.5 Å². The Morgan fingerprint density at radius 2 is 2.17 bits per heavy atom. The first-order valence-corrected chi connectivity index (χ1v) is 5.56. The highest BCUT2D eigenvalue weighted by molar-refractivity contribution is 5.77. The molecule has 5 heteroatoms. The zero-order valence-electron chi connectivity index (χ0n) is 10.8. The highest BCUT2D eigenvalue weighted by atomic mass is 16.5. The average Bonchev–Trinajstić information content (AvgIpc) is 2.43. The Balaban J connectivity index is 3.10. The van der Waals surface area contributed by atoms with Crippen molar-refractivity contribution < 1.29 is 14.3 Å². The van der Waals surface area contributed by atoms with Gasteiger partial charge in [0.1, 0.15) is 18.4 Å². The Kier molecular flexibility index (Phi) is 5.00. The molecule has 0 amide bonds. The van der Waals surface area contributed by atoms with Gasteiger partial charge in [-0.05, 0) is 19.1 Å². The zero-order valence-corrected chi connectivity index (χ0v) is 10.8. The standard InChI is InChI=1S/C13H16N2O3/c1-4-15(9-13(16)18-3)12-7-11(17-2)6-5-10(12)8-14/h5-7H,4,9H2,1-3H3. The lowest BCUT2D eigenvalue weighted by molar-refractivity contribution is -0.138. The molecule has 0 atom stereocenters. The number of carbonyl (C=O) groups is 1. The molecule has 0 fully saturated rings. The number of carbonyl (C=O) groups excluding carboxylic acids is 1. The normalized spacial score (nSPS) is 9.44. The third kappa shape index (κ3) is 3.14. The molecule has 0 heterocycles. The smallest absolute Gasteiger partial charge is 0.325 e. The minimum atomic E-state index is -0.344. The van der Waals surface area contributed by atoms with Crippen LogP contribution in [0.4, 0.5) is 5.69 Å². The zero-order chi connectivity index (χ0) is 13.5. The number of anilines is 1. The van der Waals surface area contributed by atoms with E-state index in [9.17, 15) is 4.79 Å². The van der Waals surface area contributed by atoms with Crippen LogP contribution < -0.4 is 9.64 Å². The lowest BCUT2D eigenvalue weighted by Gasteiger charge is -2.23.